The molecule has 0 radical (unpaired) electrons. The molecule has 0 saturated carbocycles. The highest BCUT2D eigenvalue weighted by molar-refractivity contribution is 5.35. The number of para-hydroxylation sites is 1. The first-order valence-corrected chi connectivity index (χ1v) is 10.5. The quantitative estimate of drug-likeness (QED) is 0.716. The molecule has 2 aromatic rings. The van der Waals surface area contributed by atoms with Crippen LogP contribution >= 0.6 is 0 Å². The molecule has 28 heavy (non-hydrogen) atoms. The number of β-amino-alcohol motifs (C(OH)–C–C–N with tert-alkyl or cyclic N) is 1. The maximum absolute atomic E-state index is 10.5. The molecule has 152 valence electrons. The lowest BCUT2D eigenvalue weighted by molar-refractivity contribution is 0.0443. The van der Waals surface area contributed by atoms with E-state index in [1.54, 1.807) is 0 Å². The van der Waals surface area contributed by atoms with Gasteiger partial charge in [0.05, 0.1) is 0 Å². The van der Waals surface area contributed by atoms with Crippen LogP contribution in [-0.4, -0.2) is 60.3 Å². The fourth-order valence-electron chi connectivity index (χ4n) is 3.75. The number of hydrogen-bond donors (Lipinski definition) is 1. The van der Waals surface area contributed by atoms with Crippen molar-refractivity contribution in [3.63, 3.8) is 0 Å². The van der Waals surface area contributed by atoms with Crippen LogP contribution in [-0.2, 0) is 6.54 Å². The largest absolute Gasteiger partial charge is 0.491 e. The highest BCUT2D eigenvalue weighted by atomic mass is 16.5. The molecule has 2 aromatic carbocycles. The monoisotopic (exact) mass is 382 g/mol. The second-order valence-corrected chi connectivity index (χ2v) is 7.87. The lowest BCUT2D eigenvalue weighted by Gasteiger charge is -2.35. The summed E-state index contributed by atoms with van der Waals surface area (Å²) in [7, 11) is 0. The van der Waals surface area contributed by atoms with E-state index in [1.165, 1.54) is 11.1 Å². The third-order valence-electron chi connectivity index (χ3n) is 5.68. The Morgan fingerprint density at radius 2 is 1.57 bits per heavy atom. The number of aliphatic hydroxyl groups excluding tert-OH is 1. The molecule has 1 aliphatic rings. The molecule has 1 heterocycles. The zero-order chi connectivity index (χ0) is 19.8. The van der Waals surface area contributed by atoms with Crippen molar-refractivity contribution in [3.05, 3.63) is 65.7 Å². The van der Waals surface area contributed by atoms with Gasteiger partial charge < -0.3 is 9.84 Å². The van der Waals surface area contributed by atoms with E-state index in [1.807, 2.05) is 12.1 Å². The Morgan fingerprint density at radius 1 is 0.929 bits per heavy atom. The molecule has 0 amide bonds. The summed E-state index contributed by atoms with van der Waals surface area (Å²) < 4.78 is 5.98. The summed E-state index contributed by atoms with van der Waals surface area (Å²) in [6, 6.07) is 18.8. The molecule has 4 nitrogen and oxygen atoms in total. The normalized spacial score (nSPS) is 18.0. The lowest BCUT2D eigenvalue weighted by atomic mass is 9.98. The van der Waals surface area contributed by atoms with Crippen LogP contribution in [0.5, 0.6) is 5.75 Å². The molecule has 0 bridgehead atoms. The third kappa shape index (κ3) is 6.06. The standard InChI is InChI=1S/C24H34N2O2/c1-3-20(2)23-11-7-8-12-24(23)28-19-22(27)18-26-15-13-25(14-16-26)17-21-9-5-4-6-10-21/h4-12,20,22,27H,3,13-19H2,1-2H3/t20-,22+/m0/s1. The highest BCUT2D eigenvalue weighted by Crippen LogP contribution is 2.28. The minimum absolute atomic E-state index is 0.345. The maximum atomic E-state index is 10.5. The first-order chi connectivity index (χ1) is 13.7. The van der Waals surface area contributed by atoms with E-state index >= 15 is 0 Å². The first-order valence-electron chi connectivity index (χ1n) is 10.5. The van der Waals surface area contributed by atoms with E-state index in [9.17, 15) is 5.11 Å². The van der Waals surface area contributed by atoms with Crippen molar-refractivity contribution in [2.75, 3.05) is 39.3 Å². The average Bonchev–Trinajstić information content (AvgIpc) is 2.74. The smallest absolute Gasteiger partial charge is 0.122 e. The van der Waals surface area contributed by atoms with Gasteiger partial charge in [-0.05, 0) is 29.5 Å². The SMILES string of the molecule is CC[C@H](C)c1ccccc1OC[C@H](O)CN1CCN(Cc2ccccc2)CC1. The van der Waals surface area contributed by atoms with Crippen molar-refractivity contribution in [2.45, 2.75) is 38.8 Å². The van der Waals surface area contributed by atoms with Crippen LogP contribution in [0.2, 0.25) is 0 Å². The molecule has 0 unspecified atom stereocenters. The predicted molar refractivity (Wildman–Crippen MR) is 115 cm³/mol. The van der Waals surface area contributed by atoms with Crippen LogP contribution in [0.4, 0.5) is 0 Å². The van der Waals surface area contributed by atoms with Gasteiger partial charge in [0.1, 0.15) is 18.5 Å². The lowest BCUT2D eigenvalue weighted by Crippen LogP contribution is -2.48. The van der Waals surface area contributed by atoms with E-state index in [0.29, 0.717) is 19.1 Å². The van der Waals surface area contributed by atoms with Crippen LogP contribution in [0.15, 0.2) is 54.6 Å². The van der Waals surface area contributed by atoms with Crippen molar-refractivity contribution in [3.8, 4) is 5.75 Å². The molecular formula is C24H34N2O2. The minimum Gasteiger partial charge on any atom is -0.491 e. The molecule has 2 atom stereocenters. The number of aliphatic hydroxyl groups is 1. The topological polar surface area (TPSA) is 35.9 Å². The minimum atomic E-state index is -0.467. The Labute approximate surface area is 169 Å². The van der Waals surface area contributed by atoms with Gasteiger partial charge in [0.15, 0.2) is 0 Å². The number of benzene rings is 2. The molecular weight excluding hydrogens is 348 g/mol. The van der Waals surface area contributed by atoms with Crippen molar-refractivity contribution in [1.29, 1.82) is 0 Å². The van der Waals surface area contributed by atoms with E-state index in [4.69, 9.17) is 4.74 Å². The van der Waals surface area contributed by atoms with Crippen LogP contribution in [0.25, 0.3) is 0 Å². The molecule has 0 aliphatic carbocycles. The summed E-state index contributed by atoms with van der Waals surface area (Å²) >= 11 is 0. The van der Waals surface area contributed by atoms with Crippen LogP contribution < -0.4 is 4.74 Å². The van der Waals surface area contributed by atoms with Gasteiger partial charge >= 0.3 is 0 Å². The maximum Gasteiger partial charge on any atom is 0.122 e. The van der Waals surface area contributed by atoms with E-state index in [0.717, 1.165) is 44.9 Å². The molecule has 0 aromatic heterocycles. The Hall–Kier alpha value is -1.88. The first kappa shape index (κ1) is 20.8. The number of hydrogen-bond acceptors (Lipinski definition) is 4. The summed E-state index contributed by atoms with van der Waals surface area (Å²) in [5, 5.41) is 10.5. The molecule has 1 fully saturated rings. The number of ether oxygens (including phenoxy) is 1. The molecule has 4 heteroatoms. The van der Waals surface area contributed by atoms with Crippen molar-refractivity contribution >= 4 is 0 Å². The van der Waals surface area contributed by atoms with Crippen molar-refractivity contribution in [1.82, 2.24) is 9.80 Å². The molecule has 0 spiro atoms. The van der Waals surface area contributed by atoms with Gasteiger partial charge in [-0.2, -0.15) is 0 Å². The molecule has 3 rings (SSSR count). The summed E-state index contributed by atoms with van der Waals surface area (Å²) in [5.74, 6) is 1.37. The van der Waals surface area contributed by atoms with E-state index < -0.39 is 6.10 Å². The number of nitrogens with zero attached hydrogens (tertiary/aromatic N) is 2. The Morgan fingerprint density at radius 3 is 2.29 bits per heavy atom. The molecule has 1 aliphatic heterocycles. The predicted octanol–water partition coefficient (Wildman–Crippen LogP) is 3.76. The molecule has 1 N–H and O–H groups in total. The summed E-state index contributed by atoms with van der Waals surface area (Å²) in [6.07, 6.45) is 0.613. The van der Waals surface area contributed by atoms with Crippen LogP contribution in [0, 0.1) is 0 Å². The fraction of sp³-hybridized carbons (Fsp3) is 0.500. The summed E-state index contributed by atoms with van der Waals surface area (Å²) in [5.41, 5.74) is 2.59. The average molecular weight is 383 g/mol. The van der Waals surface area contributed by atoms with Crippen molar-refractivity contribution < 1.29 is 9.84 Å². The zero-order valence-electron chi connectivity index (χ0n) is 17.3. The second kappa shape index (κ2) is 10.6. The summed E-state index contributed by atoms with van der Waals surface area (Å²) in [4.78, 5) is 4.83. The van der Waals surface area contributed by atoms with Crippen molar-refractivity contribution in [2.24, 2.45) is 0 Å². The van der Waals surface area contributed by atoms with Crippen LogP contribution in [0.3, 0.4) is 0 Å². The Kier molecular flexibility index (Phi) is 7.90. The van der Waals surface area contributed by atoms with Gasteiger partial charge in [0.2, 0.25) is 0 Å². The fourth-order valence-corrected chi connectivity index (χ4v) is 3.75. The second-order valence-electron chi connectivity index (χ2n) is 7.87. The van der Waals surface area contributed by atoms with Gasteiger partial charge in [-0.15, -0.1) is 0 Å². The van der Waals surface area contributed by atoms with Gasteiger partial charge in [0, 0.05) is 39.3 Å². The number of rotatable bonds is 9. The molecule has 1 saturated heterocycles. The Bertz CT molecular complexity index is 699. The van der Waals surface area contributed by atoms with Crippen LogP contribution in [0.1, 0.15) is 37.3 Å². The van der Waals surface area contributed by atoms with E-state index in [2.05, 4.69) is 66.1 Å². The number of piperazine rings is 1. The van der Waals surface area contributed by atoms with Gasteiger partial charge in [0.25, 0.3) is 0 Å². The van der Waals surface area contributed by atoms with Gasteiger partial charge in [-0.1, -0.05) is 62.4 Å². The third-order valence-corrected chi connectivity index (χ3v) is 5.68. The summed E-state index contributed by atoms with van der Waals surface area (Å²) in [6.45, 7) is 10.5. The highest BCUT2D eigenvalue weighted by Gasteiger charge is 2.20. The Balaban J connectivity index is 1.41. The van der Waals surface area contributed by atoms with Gasteiger partial charge in [-0.25, -0.2) is 0 Å². The zero-order valence-corrected chi connectivity index (χ0v) is 17.3. The van der Waals surface area contributed by atoms with E-state index in [-0.39, 0.29) is 0 Å². The van der Waals surface area contributed by atoms with Gasteiger partial charge in [-0.3, -0.25) is 9.80 Å².